The fourth-order valence-corrected chi connectivity index (χ4v) is 2.70. The van der Waals surface area contributed by atoms with E-state index < -0.39 is 0 Å². The second kappa shape index (κ2) is 5.74. The number of pyridine rings is 1. The highest BCUT2D eigenvalue weighted by Crippen LogP contribution is 2.40. The first-order valence-corrected chi connectivity index (χ1v) is 7.31. The van der Waals surface area contributed by atoms with E-state index in [9.17, 15) is 0 Å². The van der Waals surface area contributed by atoms with Crippen molar-refractivity contribution < 1.29 is 0 Å². The summed E-state index contributed by atoms with van der Waals surface area (Å²) in [5, 5.41) is 5.53. The van der Waals surface area contributed by atoms with Gasteiger partial charge in [-0.1, -0.05) is 48.7 Å². The molecule has 0 radical (unpaired) electrons. The third kappa shape index (κ3) is 2.76. The van der Waals surface area contributed by atoms with E-state index in [0.717, 1.165) is 23.3 Å². The Morgan fingerprint density at radius 1 is 1.16 bits per heavy atom. The second-order valence-corrected chi connectivity index (χ2v) is 5.85. The number of anilines is 1. The standard InChI is InChI=1S/C14H15Cl3N2/c1-4-18-11-6-10(7(2)3)19-14-9(16)5-8(15)13(17)12(11)14/h5-7H,4H2,1-3H3,(H,18,19). The molecule has 1 heterocycles. The lowest BCUT2D eigenvalue weighted by molar-refractivity contribution is 0.830. The zero-order chi connectivity index (χ0) is 14.2. The van der Waals surface area contributed by atoms with E-state index in [0.29, 0.717) is 26.5 Å². The van der Waals surface area contributed by atoms with Gasteiger partial charge in [0.2, 0.25) is 0 Å². The molecule has 0 aliphatic rings. The van der Waals surface area contributed by atoms with Gasteiger partial charge in [0.1, 0.15) is 0 Å². The molecule has 5 heteroatoms. The number of nitrogens with zero attached hydrogens (tertiary/aromatic N) is 1. The van der Waals surface area contributed by atoms with Gasteiger partial charge >= 0.3 is 0 Å². The summed E-state index contributed by atoms with van der Waals surface area (Å²) < 4.78 is 0. The monoisotopic (exact) mass is 316 g/mol. The van der Waals surface area contributed by atoms with E-state index in [2.05, 4.69) is 24.1 Å². The van der Waals surface area contributed by atoms with Gasteiger partial charge in [0.25, 0.3) is 0 Å². The largest absolute Gasteiger partial charge is 0.385 e. The van der Waals surface area contributed by atoms with Gasteiger partial charge in [-0.3, -0.25) is 4.98 Å². The summed E-state index contributed by atoms with van der Waals surface area (Å²) in [6.45, 7) is 7.00. The van der Waals surface area contributed by atoms with Crippen LogP contribution in [0.1, 0.15) is 32.4 Å². The molecule has 0 spiro atoms. The van der Waals surface area contributed by atoms with Gasteiger partial charge in [-0.15, -0.1) is 0 Å². The van der Waals surface area contributed by atoms with Crippen molar-refractivity contribution in [1.82, 2.24) is 4.98 Å². The Morgan fingerprint density at radius 2 is 1.84 bits per heavy atom. The van der Waals surface area contributed by atoms with Crippen LogP contribution < -0.4 is 5.32 Å². The summed E-state index contributed by atoms with van der Waals surface area (Å²) >= 11 is 18.6. The Morgan fingerprint density at radius 3 is 2.42 bits per heavy atom. The lowest BCUT2D eigenvalue weighted by Gasteiger charge is -2.15. The summed E-state index contributed by atoms with van der Waals surface area (Å²) in [5.74, 6) is 0.312. The smallest absolute Gasteiger partial charge is 0.0928 e. The average molecular weight is 318 g/mol. The van der Waals surface area contributed by atoms with Gasteiger partial charge < -0.3 is 5.32 Å². The number of benzene rings is 1. The number of hydrogen-bond acceptors (Lipinski definition) is 2. The molecular weight excluding hydrogens is 303 g/mol. The molecule has 2 aromatic rings. The van der Waals surface area contributed by atoms with Crippen molar-refractivity contribution in [1.29, 1.82) is 0 Å². The number of halogens is 3. The van der Waals surface area contributed by atoms with E-state index in [-0.39, 0.29) is 0 Å². The van der Waals surface area contributed by atoms with Crippen LogP contribution in [-0.4, -0.2) is 11.5 Å². The molecule has 1 aromatic carbocycles. The topological polar surface area (TPSA) is 24.9 Å². The SMILES string of the molecule is CCNc1cc(C(C)C)nc2c(Cl)cc(Cl)c(Cl)c12. The maximum atomic E-state index is 6.30. The van der Waals surface area contributed by atoms with Gasteiger partial charge in [0, 0.05) is 23.3 Å². The predicted octanol–water partition coefficient (Wildman–Crippen LogP) is 5.75. The van der Waals surface area contributed by atoms with Crippen LogP contribution >= 0.6 is 34.8 Å². The molecular formula is C14H15Cl3N2. The van der Waals surface area contributed by atoms with Crippen molar-refractivity contribution in [3.63, 3.8) is 0 Å². The zero-order valence-corrected chi connectivity index (χ0v) is 13.3. The van der Waals surface area contributed by atoms with E-state index in [1.807, 2.05) is 13.0 Å². The first kappa shape index (κ1) is 14.7. The third-order valence-electron chi connectivity index (χ3n) is 2.91. The molecule has 2 rings (SSSR count). The fourth-order valence-electron chi connectivity index (χ4n) is 1.95. The minimum Gasteiger partial charge on any atom is -0.385 e. The molecule has 0 bridgehead atoms. The minimum atomic E-state index is 0.312. The molecule has 0 atom stereocenters. The molecule has 0 aliphatic heterocycles. The van der Waals surface area contributed by atoms with Crippen molar-refractivity contribution in [3.05, 3.63) is 32.9 Å². The maximum absolute atomic E-state index is 6.30. The van der Waals surface area contributed by atoms with E-state index in [1.54, 1.807) is 6.07 Å². The van der Waals surface area contributed by atoms with Crippen molar-refractivity contribution >= 4 is 51.4 Å². The number of fused-ring (bicyclic) bond motifs is 1. The van der Waals surface area contributed by atoms with Crippen molar-refractivity contribution in [2.24, 2.45) is 0 Å². The summed E-state index contributed by atoms with van der Waals surface area (Å²) in [5.41, 5.74) is 2.59. The van der Waals surface area contributed by atoms with E-state index in [1.165, 1.54) is 0 Å². The summed E-state index contributed by atoms with van der Waals surface area (Å²) in [7, 11) is 0. The second-order valence-electron chi connectivity index (χ2n) is 4.66. The number of hydrogen-bond donors (Lipinski definition) is 1. The molecule has 0 fully saturated rings. The summed E-state index contributed by atoms with van der Waals surface area (Å²) in [6, 6.07) is 3.65. The van der Waals surface area contributed by atoms with Crippen molar-refractivity contribution in [2.45, 2.75) is 26.7 Å². The Labute approximate surface area is 128 Å². The molecule has 0 aliphatic carbocycles. The van der Waals surface area contributed by atoms with Gasteiger partial charge in [-0.2, -0.15) is 0 Å². The summed E-state index contributed by atoms with van der Waals surface area (Å²) in [6.07, 6.45) is 0. The van der Waals surface area contributed by atoms with Gasteiger partial charge in [0.05, 0.1) is 20.6 Å². The fraction of sp³-hybridized carbons (Fsp3) is 0.357. The summed E-state index contributed by atoms with van der Waals surface area (Å²) in [4.78, 5) is 4.60. The zero-order valence-electron chi connectivity index (χ0n) is 11.0. The third-order valence-corrected chi connectivity index (χ3v) is 3.98. The normalized spacial score (nSPS) is 11.3. The predicted molar refractivity (Wildman–Crippen MR) is 85.0 cm³/mol. The van der Waals surface area contributed by atoms with Crippen LogP contribution in [0.25, 0.3) is 10.9 Å². The molecule has 19 heavy (non-hydrogen) atoms. The van der Waals surface area contributed by atoms with E-state index >= 15 is 0 Å². The maximum Gasteiger partial charge on any atom is 0.0928 e. The van der Waals surface area contributed by atoms with Crippen LogP contribution in [0.3, 0.4) is 0 Å². The highest BCUT2D eigenvalue weighted by atomic mass is 35.5. The number of rotatable bonds is 3. The first-order chi connectivity index (χ1) is 8.95. The highest BCUT2D eigenvalue weighted by Gasteiger charge is 2.16. The van der Waals surface area contributed by atoms with Crippen LogP contribution in [-0.2, 0) is 0 Å². The Hall–Kier alpha value is -0.700. The van der Waals surface area contributed by atoms with E-state index in [4.69, 9.17) is 34.8 Å². The van der Waals surface area contributed by atoms with Crippen LogP contribution in [0.15, 0.2) is 12.1 Å². The van der Waals surface area contributed by atoms with Crippen LogP contribution in [0, 0.1) is 0 Å². The average Bonchev–Trinajstić information content (AvgIpc) is 2.35. The quantitative estimate of drug-likeness (QED) is 0.729. The van der Waals surface area contributed by atoms with Crippen LogP contribution in [0.2, 0.25) is 15.1 Å². The molecule has 0 saturated carbocycles. The Kier molecular flexibility index (Phi) is 4.44. The van der Waals surface area contributed by atoms with Gasteiger partial charge in [0.15, 0.2) is 0 Å². The Bertz CT molecular complexity index is 624. The van der Waals surface area contributed by atoms with Crippen molar-refractivity contribution in [3.8, 4) is 0 Å². The lowest BCUT2D eigenvalue weighted by atomic mass is 10.1. The first-order valence-electron chi connectivity index (χ1n) is 6.17. The molecule has 0 unspecified atom stereocenters. The minimum absolute atomic E-state index is 0.312. The molecule has 102 valence electrons. The lowest BCUT2D eigenvalue weighted by Crippen LogP contribution is -2.02. The van der Waals surface area contributed by atoms with Gasteiger partial charge in [-0.05, 0) is 25.0 Å². The number of aromatic nitrogens is 1. The highest BCUT2D eigenvalue weighted by molar-refractivity contribution is 6.48. The Balaban J connectivity index is 2.86. The van der Waals surface area contributed by atoms with Crippen molar-refractivity contribution in [2.75, 3.05) is 11.9 Å². The van der Waals surface area contributed by atoms with Crippen LogP contribution in [0.4, 0.5) is 5.69 Å². The number of nitrogens with one attached hydrogen (secondary N) is 1. The molecule has 0 saturated heterocycles. The molecule has 2 nitrogen and oxygen atoms in total. The molecule has 1 N–H and O–H groups in total. The molecule has 0 amide bonds. The van der Waals surface area contributed by atoms with Crippen LogP contribution in [0.5, 0.6) is 0 Å². The van der Waals surface area contributed by atoms with Gasteiger partial charge in [-0.25, -0.2) is 0 Å². The molecule has 1 aromatic heterocycles.